The fourth-order valence-corrected chi connectivity index (χ4v) is 4.72. The Morgan fingerprint density at radius 3 is 2.77 bits per heavy atom. The number of fused-ring (bicyclic) bond motifs is 1. The van der Waals surface area contributed by atoms with Crippen molar-refractivity contribution < 1.29 is 18.4 Å². The minimum Gasteiger partial charge on any atom is -0.365 e. The van der Waals surface area contributed by atoms with E-state index in [4.69, 9.17) is 5.26 Å². The van der Waals surface area contributed by atoms with E-state index in [0.717, 1.165) is 0 Å². The first-order valence-corrected chi connectivity index (χ1v) is 10.6. The van der Waals surface area contributed by atoms with Crippen LogP contribution in [-0.2, 0) is 4.79 Å². The normalized spacial score (nSPS) is 23.6. The number of carbonyl (C=O) groups is 2. The van der Waals surface area contributed by atoms with Crippen LogP contribution in [0.2, 0.25) is 0 Å². The molecule has 2 amide bonds. The molecular formula is C20H19F2N5O2S. The van der Waals surface area contributed by atoms with Crippen LogP contribution in [0.4, 0.5) is 14.5 Å². The maximum Gasteiger partial charge on any atom is 0.252 e. The van der Waals surface area contributed by atoms with Gasteiger partial charge in [0, 0.05) is 23.0 Å². The van der Waals surface area contributed by atoms with E-state index in [9.17, 15) is 18.4 Å². The molecule has 4 rings (SSSR count). The lowest BCUT2D eigenvalue weighted by Crippen LogP contribution is -2.42. The highest BCUT2D eigenvalue weighted by Crippen LogP contribution is 2.28. The predicted molar refractivity (Wildman–Crippen MR) is 110 cm³/mol. The van der Waals surface area contributed by atoms with Gasteiger partial charge in [0.1, 0.15) is 6.04 Å². The molecule has 0 bridgehead atoms. The van der Waals surface area contributed by atoms with Crippen LogP contribution >= 0.6 is 11.8 Å². The summed E-state index contributed by atoms with van der Waals surface area (Å²) in [5.41, 5.74) is 1.48. The highest BCUT2D eigenvalue weighted by molar-refractivity contribution is 7.99. The first-order chi connectivity index (χ1) is 14.5. The number of nitriles is 1. The molecule has 2 aromatic rings. The number of hydrogen-bond acceptors (Lipinski definition) is 6. The number of thioether (sulfide) groups is 1. The highest BCUT2D eigenvalue weighted by Gasteiger charge is 2.33. The molecule has 0 spiro atoms. The smallest absolute Gasteiger partial charge is 0.252 e. The number of alkyl halides is 2. The van der Waals surface area contributed by atoms with Gasteiger partial charge in [-0.05, 0) is 24.3 Å². The molecule has 0 aliphatic carbocycles. The van der Waals surface area contributed by atoms with Crippen LogP contribution in [0.3, 0.4) is 0 Å². The van der Waals surface area contributed by atoms with Gasteiger partial charge in [0.25, 0.3) is 5.91 Å². The average Bonchev–Trinajstić information content (AvgIpc) is 3.37. The summed E-state index contributed by atoms with van der Waals surface area (Å²) < 4.78 is 27.2. The number of nitrogens with one attached hydrogen (secondary N) is 1. The topological polar surface area (TPSA) is 89.3 Å². The van der Waals surface area contributed by atoms with E-state index >= 15 is 0 Å². The van der Waals surface area contributed by atoms with Gasteiger partial charge in [-0.15, -0.1) is 11.8 Å². The summed E-state index contributed by atoms with van der Waals surface area (Å²) in [5.74, 6) is 0.208. The van der Waals surface area contributed by atoms with Crippen LogP contribution in [0.15, 0.2) is 30.5 Å². The summed E-state index contributed by atoms with van der Waals surface area (Å²) in [4.78, 5) is 32.4. The molecule has 1 aromatic carbocycles. The van der Waals surface area contributed by atoms with Gasteiger partial charge in [0.15, 0.2) is 12.3 Å². The molecular weight excluding hydrogens is 412 g/mol. The Morgan fingerprint density at radius 2 is 2.03 bits per heavy atom. The van der Waals surface area contributed by atoms with Crippen molar-refractivity contribution in [2.75, 3.05) is 36.2 Å². The summed E-state index contributed by atoms with van der Waals surface area (Å²) in [5, 5.41) is 12.2. The van der Waals surface area contributed by atoms with Gasteiger partial charge in [0.2, 0.25) is 5.91 Å². The van der Waals surface area contributed by atoms with Crippen LogP contribution in [0.25, 0.3) is 10.9 Å². The van der Waals surface area contributed by atoms with Crippen molar-refractivity contribution >= 4 is 40.2 Å². The molecule has 3 atom stereocenters. The number of amides is 2. The maximum absolute atomic E-state index is 13.6. The Labute approximate surface area is 176 Å². The Bertz CT molecular complexity index is 1020. The molecule has 0 radical (unpaired) electrons. The SMILES string of the molecule is N#C[C@@H]1CSCN1C(=O)CNC(=O)c1ccnc2ccc(N3C[C@@H](F)[C@H](F)C3)cc12. The molecule has 0 unspecified atom stereocenters. The lowest BCUT2D eigenvalue weighted by Gasteiger charge is -2.19. The number of rotatable bonds is 4. The van der Waals surface area contributed by atoms with Crippen molar-refractivity contribution in [3.05, 3.63) is 36.0 Å². The minimum atomic E-state index is -1.54. The van der Waals surface area contributed by atoms with Gasteiger partial charge in [-0.1, -0.05) is 0 Å². The molecule has 0 saturated carbocycles. The highest BCUT2D eigenvalue weighted by atomic mass is 32.2. The van der Waals surface area contributed by atoms with E-state index in [0.29, 0.717) is 33.8 Å². The number of aromatic nitrogens is 1. The molecule has 2 fully saturated rings. The van der Waals surface area contributed by atoms with Gasteiger partial charge >= 0.3 is 0 Å². The van der Waals surface area contributed by atoms with E-state index in [2.05, 4.69) is 16.4 Å². The zero-order chi connectivity index (χ0) is 21.3. The number of pyridine rings is 1. The molecule has 2 aliphatic rings. The molecule has 1 aromatic heterocycles. The van der Waals surface area contributed by atoms with Gasteiger partial charge in [-0.3, -0.25) is 14.6 Å². The maximum atomic E-state index is 13.6. The zero-order valence-corrected chi connectivity index (χ0v) is 16.7. The number of anilines is 1. The van der Waals surface area contributed by atoms with Crippen molar-refractivity contribution in [1.82, 2.24) is 15.2 Å². The predicted octanol–water partition coefficient (Wildman–Crippen LogP) is 1.89. The van der Waals surface area contributed by atoms with Gasteiger partial charge in [0.05, 0.1) is 42.7 Å². The Kier molecular flexibility index (Phi) is 5.72. The lowest BCUT2D eigenvalue weighted by atomic mass is 10.1. The third-order valence-electron chi connectivity index (χ3n) is 5.27. The third kappa shape index (κ3) is 3.89. The van der Waals surface area contributed by atoms with E-state index in [1.807, 2.05) is 0 Å². The number of nitrogens with zero attached hydrogens (tertiary/aromatic N) is 4. The lowest BCUT2D eigenvalue weighted by molar-refractivity contribution is -0.129. The van der Waals surface area contributed by atoms with Crippen molar-refractivity contribution in [3.63, 3.8) is 0 Å². The van der Waals surface area contributed by atoms with Crippen LogP contribution < -0.4 is 10.2 Å². The molecule has 3 heterocycles. The largest absolute Gasteiger partial charge is 0.365 e. The molecule has 10 heteroatoms. The van der Waals surface area contributed by atoms with Crippen LogP contribution in [0.5, 0.6) is 0 Å². The monoisotopic (exact) mass is 431 g/mol. The molecule has 30 heavy (non-hydrogen) atoms. The number of carbonyl (C=O) groups excluding carboxylic acids is 2. The fraction of sp³-hybridized carbons (Fsp3) is 0.400. The Morgan fingerprint density at radius 1 is 1.27 bits per heavy atom. The molecule has 156 valence electrons. The Balaban J connectivity index is 1.51. The van der Waals surface area contributed by atoms with Crippen LogP contribution in [0.1, 0.15) is 10.4 Å². The van der Waals surface area contributed by atoms with Crippen LogP contribution in [-0.4, -0.2) is 71.3 Å². The summed E-state index contributed by atoms with van der Waals surface area (Å²) in [7, 11) is 0. The van der Waals surface area contributed by atoms with Gasteiger partial charge in [-0.2, -0.15) is 5.26 Å². The quantitative estimate of drug-likeness (QED) is 0.795. The second-order valence-electron chi connectivity index (χ2n) is 7.19. The second-order valence-corrected chi connectivity index (χ2v) is 8.19. The Hall–Kier alpha value is -2.93. The number of hydrogen-bond donors (Lipinski definition) is 1. The van der Waals surface area contributed by atoms with E-state index in [1.165, 1.54) is 28.9 Å². The minimum absolute atomic E-state index is 0.0448. The summed E-state index contributed by atoms with van der Waals surface area (Å²) >= 11 is 1.49. The molecule has 7 nitrogen and oxygen atoms in total. The first kappa shape index (κ1) is 20.3. The summed E-state index contributed by atoms with van der Waals surface area (Å²) in [6.45, 7) is -0.311. The van der Waals surface area contributed by atoms with Crippen molar-refractivity contribution in [1.29, 1.82) is 5.26 Å². The third-order valence-corrected chi connectivity index (χ3v) is 6.28. The average molecular weight is 431 g/mol. The van der Waals surface area contributed by atoms with E-state index in [-0.39, 0.29) is 25.5 Å². The van der Waals surface area contributed by atoms with Crippen molar-refractivity contribution in [2.45, 2.75) is 18.4 Å². The fourth-order valence-electron chi connectivity index (χ4n) is 3.61. The van der Waals surface area contributed by atoms with E-state index in [1.54, 1.807) is 23.1 Å². The summed E-state index contributed by atoms with van der Waals surface area (Å²) in [6, 6.07) is 8.24. The second kappa shape index (κ2) is 8.44. The zero-order valence-electron chi connectivity index (χ0n) is 15.9. The standard InChI is InChI=1S/C20H19F2N5O2S/c21-16-8-26(9-17(16)22)12-1-2-18-15(5-12)14(3-4-24-18)20(29)25-7-19(28)27-11-30-10-13(27)6-23/h1-5,13,16-17H,7-11H2,(H,25,29)/t13-,16-,17-/m1/s1. The summed E-state index contributed by atoms with van der Waals surface area (Å²) in [6.07, 6.45) is -1.58. The number of benzene rings is 1. The van der Waals surface area contributed by atoms with Gasteiger partial charge in [-0.25, -0.2) is 8.78 Å². The van der Waals surface area contributed by atoms with Crippen LogP contribution in [0, 0.1) is 11.3 Å². The molecule has 1 N–H and O–H groups in total. The molecule has 2 saturated heterocycles. The van der Waals surface area contributed by atoms with E-state index < -0.39 is 24.3 Å². The molecule has 2 aliphatic heterocycles. The van der Waals surface area contributed by atoms with Crippen molar-refractivity contribution in [3.8, 4) is 6.07 Å². The number of halogens is 2. The van der Waals surface area contributed by atoms with Gasteiger partial charge < -0.3 is 15.1 Å². The van der Waals surface area contributed by atoms with Crippen molar-refractivity contribution in [2.24, 2.45) is 0 Å². The first-order valence-electron chi connectivity index (χ1n) is 9.45.